The highest BCUT2D eigenvalue weighted by atomic mass is 35.5. The molecule has 1 rings (SSSR count). The van der Waals surface area contributed by atoms with E-state index in [4.69, 9.17) is 11.6 Å². The van der Waals surface area contributed by atoms with Gasteiger partial charge in [0.2, 0.25) is 5.82 Å². The minimum Gasteiger partial charge on any atom is -0.467 e. The lowest BCUT2D eigenvalue weighted by atomic mass is 10.1. The summed E-state index contributed by atoms with van der Waals surface area (Å²) < 4.78 is 8.74. The van der Waals surface area contributed by atoms with Crippen molar-refractivity contribution in [2.45, 2.75) is 12.1 Å². The number of carbonyl (C=O) groups is 2. The Bertz CT molecular complexity index is 595. The van der Waals surface area contributed by atoms with Crippen LogP contribution in [0.2, 0.25) is 5.15 Å². The first-order chi connectivity index (χ1) is 10.3. The van der Waals surface area contributed by atoms with Crippen LogP contribution in [0, 0.1) is 10.1 Å². The smallest absolute Gasteiger partial charge is 0.337 e. The highest BCUT2D eigenvalue weighted by molar-refractivity contribution is 6.29. The van der Waals surface area contributed by atoms with Crippen LogP contribution >= 0.6 is 11.6 Å². The van der Waals surface area contributed by atoms with E-state index < -0.39 is 40.5 Å². The number of nitrogens with zero attached hydrogens (tertiary/aromatic N) is 2. The Morgan fingerprint density at radius 2 is 1.95 bits per heavy atom. The van der Waals surface area contributed by atoms with Gasteiger partial charge >= 0.3 is 17.6 Å². The lowest BCUT2D eigenvalue weighted by Crippen LogP contribution is -2.46. The summed E-state index contributed by atoms with van der Waals surface area (Å²) in [6.45, 7) is 0. The molecule has 0 saturated carbocycles. The SMILES string of the molecule is COC(=O)[C@@H](O)[C@H](Nc1nc(Cl)ccc1[N+](=O)[O-])C(=O)OC. The molecule has 2 atom stereocenters. The van der Waals surface area contributed by atoms with Crippen LogP contribution in [0.25, 0.3) is 0 Å². The summed E-state index contributed by atoms with van der Waals surface area (Å²) in [7, 11) is 2.01. The zero-order valence-corrected chi connectivity index (χ0v) is 12.2. The molecule has 0 aliphatic rings. The van der Waals surface area contributed by atoms with Crippen LogP contribution in [0.1, 0.15) is 0 Å². The number of carbonyl (C=O) groups excluding carboxylic acids is 2. The maximum atomic E-state index is 11.7. The van der Waals surface area contributed by atoms with Gasteiger partial charge in [0.25, 0.3) is 0 Å². The predicted molar refractivity (Wildman–Crippen MR) is 73.4 cm³/mol. The van der Waals surface area contributed by atoms with Crippen LogP contribution in [0.15, 0.2) is 12.1 Å². The summed E-state index contributed by atoms with van der Waals surface area (Å²) in [5.41, 5.74) is -0.504. The largest absolute Gasteiger partial charge is 0.467 e. The lowest BCUT2D eigenvalue weighted by Gasteiger charge is -2.20. The van der Waals surface area contributed by atoms with Crippen LogP contribution in [-0.2, 0) is 19.1 Å². The Balaban J connectivity index is 3.19. The predicted octanol–water partition coefficient (Wildman–Crippen LogP) is 0.131. The number of aliphatic hydroxyl groups excluding tert-OH is 1. The first-order valence-electron chi connectivity index (χ1n) is 5.73. The number of pyridine rings is 1. The second-order valence-electron chi connectivity index (χ2n) is 3.87. The number of ether oxygens (including phenoxy) is 2. The molecule has 2 N–H and O–H groups in total. The van der Waals surface area contributed by atoms with Crippen molar-refractivity contribution >= 4 is 35.0 Å². The van der Waals surface area contributed by atoms with Crippen molar-refractivity contribution in [3.8, 4) is 0 Å². The third kappa shape index (κ3) is 4.02. The number of rotatable bonds is 6. The van der Waals surface area contributed by atoms with Gasteiger partial charge in [-0.3, -0.25) is 10.1 Å². The van der Waals surface area contributed by atoms with Gasteiger partial charge in [-0.1, -0.05) is 11.6 Å². The zero-order valence-electron chi connectivity index (χ0n) is 11.5. The van der Waals surface area contributed by atoms with E-state index in [0.29, 0.717) is 0 Å². The van der Waals surface area contributed by atoms with Crippen molar-refractivity contribution < 1.29 is 29.1 Å². The van der Waals surface area contributed by atoms with Crippen molar-refractivity contribution in [1.29, 1.82) is 0 Å². The Morgan fingerprint density at radius 3 is 2.45 bits per heavy atom. The van der Waals surface area contributed by atoms with Crippen molar-refractivity contribution in [2.75, 3.05) is 19.5 Å². The number of halogens is 1. The minimum absolute atomic E-state index is 0.0933. The molecule has 0 aliphatic carbocycles. The molecule has 0 radical (unpaired) electrons. The van der Waals surface area contributed by atoms with Gasteiger partial charge in [-0.05, 0) is 6.07 Å². The van der Waals surface area contributed by atoms with Gasteiger partial charge in [0.1, 0.15) is 5.15 Å². The van der Waals surface area contributed by atoms with E-state index in [9.17, 15) is 24.8 Å². The molecule has 0 amide bonds. The third-order valence-electron chi connectivity index (χ3n) is 2.54. The molecule has 1 aromatic rings. The summed E-state index contributed by atoms with van der Waals surface area (Å²) >= 11 is 5.64. The molecular formula is C11H12ClN3O7. The fourth-order valence-electron chi connectivity index (χ4n) is 1.48. The van der Waals surface area contributed by atoms with Gasteiger partial charge in [0.05, 0.1) is 19.1 Å². The number of hydrogen-bond donors (Lipinski definition) is 2. The molecule has 1 aromatic heterocycles. The Kier molecular flexibility index (Phi) is 6.01. The van der Waals surface area contributed by atoms with E-state index in [0.717, 1.165) is 20.3 Å². The summed E-state index contributed by atoms with van der Waals surface area (Å²) in [4.78, 5) is 36.8. The van der Waals surface area contributed by atoms with Gasteiger partial charge in [0.15, 0.2) is 12.1 Å². The van der Waals surface area contributed by atoms with E-state index in [-0.39, 0.29) is 5.15 Å². The van der Waals surface area contributed by atoms with E-state index in [1.165, 1.54) is 6.07 Å². The number of nitro groups is 1. The lowest BCUT2D eigenvalue weighted by molar-refractivity contribution is -0.384. The third-order valence-corrected chi connectivity index (χ3v) is 2.75. The molecule has 10 nitrogen and oxygen atoms in total. The van der Waals surface area contributed by atoms with E-state index in [2.05, 4.69) is 19.8 Å². The normalized spacial score (nSPS) is 12.9. The number of nitrogens with one attached hydrogen (secondary N) is 1. The van der Waals surface area contributed by atoms with Crippen molar-refractivity contribution in [3.63, 3.8) is 0 Å². The van der Waals surface area contributed by atoms with Crippen LogP contribution < -0.4 is 5.32 Å². The highest BCUT2D eigenvalue weighted by Crippen LogP contribution is 2.25. The molecule has 0 fully saturated rings. The number of methoxy groups -OCH3 is 2. The van der Waals surface area contributed by atoms with E-state index in [1.54, 1.807) is 0 Å². The molecule has 0 bridgehead atoms. The van der Waals surface area contributed by atoms with Crippen LogP contribution in [0.4, 0.5) is 11.5 Å². The Labute approximate surface area is 129 Å². The molecule has 0 saturated heterocycles. The van der Waals surface area contributed by atoms with Gasteiger partial charge in [-0.25, -0.2) is 14.6 Å². The van der Waals surface area contributed by atoms with E-state index >= 15 is 0 Å². The second-order valence-corrected chi connectivity index (χ2v) is 4.26. The zero-order chi connectivity index (χ0) is 16.9. The van der Waals surface area contributed by atoms with Crippen molar-refractivity contribution in [2.24, 2.45) is 0 Å². The topological polar surface area (TPSA) is 141 Å². The second kappa shape index (κ2) is 7.52. The fourth-order valence-corrected chi connectivity index (χ4v) is 1.63. The molecule has 1 heterocycles. The number of esters is 2. The number of aromatic nitrogens is 1. The summed E-state index contributed by atoms with van der Waals surface area (Å²) in [5, 5.41) is 22.9. The highest BCUT2D eigenvalue weighted by Gasteiger charge is 2.36. The molecule has 11 heteroatoms. The molecule has 0 aromatic carbocycles. The first kappa shape index (κ1) is 17.6. The number of anilines is 1. The number of aliphatic hydroxyl groups is 1. The maximum Gasteiger partial charge on any atom is 0.337 e. The standard InChI is InChI=1S/C11H12ClN3O7/c1-21-10(17)7(8(16)11(18)22-2)14-9-5(15(19)20)3-4-6(12)13-9/h3-4,7-8,16H,1-2H3,(H,13,14)/t7-,8-/m0/s1. The molecule has 0 unspecified atom stereocenters. The quantitative estimate of drug-likeness (QED) is 0.321. The first-order valence-corrected chi connectivity index (χ1v) is 6.10. The van der Waals surface area contributed by atoms with Gasteiger partial charge in [-0.2, -0.15) is 0 Å². The summed E-state index contributed by atoms with van der Waals surface area (Å²) in [5.74, 6) is -2.59. The molecule has 0 aliphatic heterocycles. The number of hydrogen-bond acceptors (Lipinski definition) is 9. The average molecular weight is 334 g/mol. The Hall–Kier alpha value is -2.46. The van der Waals surface area contributed by atoms with Crippen LogP contribution in [0.5, 0.6) is 0 Å². The monoisotopic (exact) mass is 333 g/mol. The van der Waals surface area contributed by atoms with E-state index in [1.807, 2.05) is 0 Å². The van der Waals surface area contributed by atoms with Gasteiger partial charge in [-0.15, -0.1) is 0 Å². The van der Waals surface area contributed by atoms with Crippen molar-refractivity contribution in [1.82, 2.24) is 4.98 Å². The Morgan fingerprint density at radius 1 is 1.36 bits per heavy atom. The fraction of sp³-hybridized carbons (Fsp3) is 0.364. The average Bonchev–Trinajstić information content (AvgIpc) is 2.50. The molecular weight excluding hydrogens is 322 g/mol. The van der Waals surface area contributed by atoms with Gasteiger partial charge < -0.3 is 19.9 Å². The van der Waals surface area contributed by atoms with Crippen molar-refractivity contribution in [3.05, 3.63) is 27.4 Å². The summed E-state index contributed by atoms with van der Waals surface area (Å²) in [6, 6.07) is 0.563. The van der Waals surface area contributed by atoms with Crippen LogP contribution in [-0.4, -0.2) is 53.3 Å². The maximum absolute atomic E-state index is 11.7. The molecule has 120 valence electrons. The van der Waals surface area contributed by atoms with Gasteiger partial charge in [0, 0.05) is 6.07 Å². The minimum atomic E-state index is -1.96. The summed E-state index contributed by atoms with van der Waals surface area (Å²) in [6.07, 6.45) is -1.96. The van der Waals surface area contributed by atoms with Crippen LogP contribution in [0.3, 0.4) is 0 Å². The molecule has 22 heavy (non-hydrogen) atoms. The molecule has 0 spiro atoms.